The van der Waals surface area contributed by atoms with Gasteiger partial charge in [-0.2, -0.15) is 0 Å². The molecule has 11 rings (SSSR count). The van der Waals surface area contributed by atoms with Crippen LogP contribution in [0.15, 0.2) is 60.8 Å². The van der Waals surface area contributed by atoms with Gasteiger partial charge in [-0.3, -0.25) is 9.59 Å². The molecular weight excluding hydrogens is 829 g/mol. The molecule has 2 unspecified atom stereocenters. The highest BCUT2D eigenvalue weighted by Crippen LogP contribution is 2.58. The Morgan fingerprint density at radius 1 is 0.708 bits per heavy atom. The number of H-pyrrole nitrogens is 2. The van der Waals surface area contributed by atoms with E-state index in [1.165, 1.54) is 14.2 Å². The summed E-state index contributed by atoms with van der Waals surface area (Å²) in [5, 5.41) is 7.92. The number of aromatic nitrogens is 4. The number of piperidine rings is 2. The van der Waals surface area contributed by atoms with Gasteiger partial charge in [0.05, 0.1) is 49.2 Å². The number of methoxy groups -OCH3 is 2. The number of hydrogen-bond donors (Lipinski definition) is 4. The molecule has 6 aliphatic rings. The highest BCUT2D eigenvalue weighted by atomic mass is 16.5. The lowest BCUT2D eigenvalue weighted by molar-refractivity contribution is -0.139. The Kier molecular flexibility index (Phi) is 10.8. The number of imidazole rings is 2. The molecule has 0 bridgehead atoms. The van der Waals surface area contributed by atoms with Gasteiger partial charge in [0.15, 0.2) is 0 Å². The van der Waals surface area contributed by atoms with Gasteiger partial charge in [-0.15, -0.1) is 0 Å². The molecule has 0 spiro atoms. The number of hydrogen-bond acceptors (Lipinski definition) is 10. The molecule has 2 aromatic heterocycles. The summed E-state index contributed by atoms with van der Waals surface area (Å²) in [4.78, 5) is 74.6. The van der Waals surface area contributed by atoms with E-state index in [1.807, 2.05) is 22.1 Å². The third-order valence-corrected chi connectivity index (χ3v) is 15.4. The van der Waals surface area contributed by atoms with Crippen LogP contribution in [0.1, 0.15) is 75.6 Å². The molecule has 5 aromatic rings. The number of carbonyl (C=O) groups excluding carboxylic acids is 4. The fourth-order valence-electron chi connectivity index (χ4n) is 11.6. The molecule has 4 saturated heterocycles. The molecule has 9 atom stereocenters. The minimum absolute atomic E-state index is 0.0270. The Labute approximate surface area is 376 Å². The lowest BCUT2D eigenvalue weighted by Gasteiger charge is -2.35. The van der Waals surface area contributed by atoms with Gasteiger partial charge < -0.3 is 49.3 Å². The Morgan fingerprint density at radius 3 is 1.95 bits per heavy atom. The average Bonchev–Trinajstić information content (AvgIpc) is 3.82. The molecular formula is C49H56N8O8. The lowest BCUT2D eigenvalue weighted by Crippen LogP contribution is -2.54. The van der Waals surface area contributed by atoms with E-state index in [9.17, 15) is 19.2 Å². The number of nitrogens with one attached hydrogen (secondary N) is 4. The van der Waals surface area contributed by atoms with Crippen molar-refractivity contribution >= 4 is 45.8 Å². The van der Waals surface area contributed by atoms with Crippen molar-refractivity contribution in [2.45, 2.75) is 88.1 Å². The number of alkyl carbamates (subject to hydrolysis) is 2. The summed E-state index contributed by atoms with van der Waals surface area (Å²) < 4.78 is 21.0. The van der Waals surface area contributed by atoms with Crippen LogP contribution in [0, 0.1) is 29.6 Å². The van der Waals surface area contributed by atoms with Gasteiger partial charge in [0.25, 0.3) is 0 Å². The number of aromatic amines is 2. The molecule has 3 aromatic carbocycles. The van der Waals surface area contributed by atoms with Crippen molar-refractivity contribution in [1.29, 1.82) is 0 Å². The predicted octanol–water partition coefficient (Wildman–Crippen LogP) is 6.65. The van der Waals surface area contributed by atoms with E-state index < -0.39 is 24.3 Å². The van der Waals surface area contributed by atoms with Crippen molar-refractivity contribution in [3.8, 4) is 22.4 Å². The monoisotopic (exact) mass is 884 g/mol. The fraction of sp³-hybridized carbons (Fsp3) is 0.510. The minimum Gasteiger partial charge on any atom is -0.453 e. The Hall–Kier alpha value is -6.00. The summed E-state index contributed by atoms with van der Waals surface area (Å²) in [5.74, 6) is 2.53. The zero-order valence-electron chi connectivity index (χ0n) is 37.0. The molecule has 340 valence electrons. The number of nitrogens with zero attached hydrogens (tertiary/aromatic N) is 4. The summed E-state index contributed by atoms with van der Waals surface area (Å²) in [7, 11) is 2.65. The van der Waals surface area contributed by atoms with Crippen LogP contribution in [0.4, 0.5) is 9.59 Å². The topological polar surface area (TPSA) is 193 Å². The number of likely N-dealkylation sites (tertiary alicyclic amines) is 2. The van der Waals surface area contributed by atoms with Gasteiger partial charge in [-0.05, 0) is 121 Å². The van der Waals surface area contributed by atoms with Crippen molar-refractivity contribution in [3.05, 3.63) is 72.4 Å². The Bertz CT molecular complexity index is 2650. The molecule has 2 aliphatic carbocycles. The highest BCUT2D eigenvalue weighted by molar-refractivity contribution is 5.92. The number of amides is 4. The standard InChI is InChI=1S/C49H56N8O8/c1-25-34-23-40(57(43(25)34)47(59)42(55-49(61)63-3)27-12-16-65-17-13-27)44-50-24-37(53-44)32-7-6-28-18-29(4-5-30(28)19-32)31-8-9-35-36(20-31)52-45(51-35)39-22-33-21-38(33)56(39)46(58)41(54-48(60)62-2)26-10-14-64-15-11-26/h4-9,18-20,24-27,33-34,38-43H,10-17,21-23H2,1-3H3,(H,50,53)(H,51,52)(H,54,60)(H,55,61)/t25-,33-,34?,38-,39+,40+,41+,42+,43?/m1/s1. The number of ether oxygens (including phenoxy) is 4. The second kappa shape index (κ2) is 16.8. The first-order chi connectivity index (χ1) is 31.7. The van der Waals surface area contributed by atoms with Gasteiger partial charge in [-0.1, -0.05) is 37.3 Å². The molecule has 4 aliphatic heterocycles. The summed E-state index contributed by atoms with van der Waals surface area (Å²) in [6, 6.07) is 17.5. The lowest BCUT2D eigenvalue weighted by atomic mass is 9.90. The molecule has 16 heteroatoms. The van der Waals surface area contributed by atoms with E-state index in [0.717, 1.165) is 75.1 Å². The van der Waals surface area contributed by atoms with Gasteiger partial charge in [0, 0.05) is 44.1 Å². The number of fused-ring (bicyclic) bond motifs is 4. The predicted molar refractivity (Wildman–Crippen MR) is 239 cm³/mol. The van der Waals surface area contributed by atoms with E-state index >= 15 is 0 Å². The van der Waals surface area contributed by atoms with Crippen molar-refractivity contribution in [1.82, 2.24) is 40.4 Å². The van der Waals surface area contributed by atoms with E-state index in [1.54, 1.807) is 0 Å². The number of rotatable bonds is 10. The van der Waals surface area contributed by atoms with Gasteiger partial charge in [0.2, 0.25) is 11.8 Å². The van der Waals surface area contributed by atoms with Gasteiger partial charge in [-0.25, -0.2) is 19.6 Å². The summed E-state index contributed by atoms with van der Waals surface area (Å²) in [6.45, 7) is 4.44. The molecule has 4 N–H and O–H groups in total. The summed E-state index contributed by atoms with van der Waals surface area (Å²) in [6.07, 6.45) is 6.06. The summed E-state index contributed by atoms with van der Waals surface area (Å²) in [5.41, 5.74) is 5.72. The number of carbonyl (C=O) groups is 4. The molecule has 0 radical (unpaired) electrons. The van der Waals surface area contributed by atoms with Crippen LogP contribution in [0.25, 0.3) is 44.2 Å². The summed E-state index contributed by atoms with van der Waals surface area (Å²) >= 11 is 0. The van der Waals surface area contributed by atoms with Crippen molar-refractivity contribution in [2.75, 3.05) is 40.6 Å². The maximum atomic E-state index is 14.4. The molecule has 2 saturated carbocycles. The van der Waals surface area contributed by atoms with Crippen molar-refractivity contribution in [2.24, 2.45) is 29.6 Å². The first-order valence-corrected chi connectivity index (χ1v) is 23.2. The number of benzene rings is 3. The first-order valence-electron chi connectivity index (χ1n) is 23.2. The van der Waals surface area contributed by atoms with Gasteiger partial charge >= 0.3 is 12.2 Å². The largest absolute Gasteiger partial charge is 0.453 e. The van der Waals surface area contributed by atoms with E-state index in [-0.39, 0.29) is 47.8 Å². The van der Waals surface area contributed by atoms with Crippen LogP contribution in [0.2, 0.25) is 0 Å². The van der Waals surface area contributed by atoms with Crippen molar-refractivity contribution < 1.29 is 38.1 Å². The Morgan fingerprint density at radius 2 is 1.29 bits per heavy atom. The Balaban J connectivity index is 0.808. The third kappa shape index (κ3) is 7.67. The van der Waals surface area contributed by atoms with E-state index in [4.69, 9.17) is 28.9 Å². The van der Waals surface area contributed by atoms with Gasteiger partial charge in [0.1, 0.15) is 23.7 Å². The zero-order chi connectivity index (χ0) is 44.5. The van der Waals surface area contributed by atoms with E-state index in [0.29, 0.717) is 69.9 Å². The smallest absolute Gasteiger partial charge is 0.407 e. The minimum atomic E-state index is -0.690. The second-order valence-corrected chi connectivity index (χ2v) is 19.0. The van der Waals surface area contributed by atoms with Crippen LogP contribution >= 0.6 is 0 Å². The average molecular weight is 885 g/mol. The molecule has 6 heterocycles. The fourth-order valence-corrected chi connectivity index (χ4v) is 11.6. The maximum absolute atomic E-state index is 14.4. The van der Waals surface area contributed by atoms with Crippen LogP contribution < -0.4 is 10.6 Å². The first kappa shape index (κ1) is 41.7. The normalized spacial score (nSPS) is 27.2. The molecule has 16 nitrogen and oxygen atoms in total. The van der Waals surface area contributed by atoms with E-state index in [2.05, 4.69) is 76.1 Å². The maximum Gasteiger partial charge on any atom is 0.407 e. The quantitative estimate of drug-likeness (QED) is 0.118. The second-order valence-electron chi connectivity index (χ2n) is 19.0. The van der Waals surface area contributed by atoms with Crippen molar-refractivity contribution in [3.63, 3.8) is 0 Å². The molecule has 65 heavy (non-hydrogen) atoms. The molecule has 6 fully saturated rings. The highest BCUT2D eigenvalue weighted by Gasteiger charge is 2.62. The van der Waals surface area contributed by atoms with Crippen LogP contribution in [0.5, 0.6) is 0 Å². The van der Waals surface area contributed by atoms with Crippen LogP contribution in [0.3, 0.4) is 0 Å². The third-order valence-electron chi connectivity index (χ3n) is 15.4. The SMILES string of the molecule is COC(=O)N[C@H](C(=O)N1C2C(C[C@H]1c1ncc(-c3ccc4cc(-c5ccc6nc([C@@H]7C[C@H]8C[C@H]8N7C(=O)[C@@H](NC(=O)OC)C7CCOCC7)[nH]c6c5)ccc4c3)[nH]1)[C@H]2C)C1CCOCC1. The van der Waals surface area contributed by atoms with Crippen LogP contribution in [-0.2, 0) is 28.5 Å². The molecule has 4 amide bonds. The van der Waals surface area contributed by atoms with Crippen LogP contribution in [-0.4, -0.2) is 119 Å². The zero-order valence-corrected chi connectivity index (χ0v) is 37.0.